The van der Waals surface area contributed by atoms with Gasteiger partial charge in [0.15, 0.2) is 6.10 Å². The summed E-state index contributed by atoms with van der Waals surface area (Å²) in [6.45, 7) is 6.40. The molecule has 0 aromatic carbocycles. The fourth-order valence-electron chi connectivity index (χ4n) is 1.62. The lowest BCUT2D eigenvalue weighted by Crippen LogP contribution is -2.47. The Morgan fingerprint density at radius 3 is 2.47 bits per heavy atom. The Labute approximate surface area is 89.6 Å². The van der Waals surface area contributed by atoms with Crippen LogP contribution in [0.15, 0.2) is 0 Å². The standard InChI is InChI=1S/C10H18O5/c1-4-12-10(13-5-2)9(6-7-14-10)15-8(3)11/h9H,4-7H2,1-3H3. The fourth-order valence-corrected chi connectivity index (χ4v) is 1.62. The van der Waals surface area contributed by atoms with Crippen LogP contribution in [0.3, 0.4) is 0 Å². The van der Waals surface area contributed by atoms with Crippen LogP contribution < -0.4 is 0 Å². The first-order valence-electron chi connectivity index (χ1n) is 5.23. The Kier molecular flexibility index (Phi) is 4.50. The molecule has 1 aliphatic heterocycles. The molecule has 1 saturated heterocycles. The van der Waals surface area contributed by atoms with Gasteiger partial charge in [0.2, 0.25) is 0 Å². The van der Waals surface area contributed by atoms with Gasteiger partial charge in [-0.1, -0.05) is 0 Å². The van der Waals surface area contributed by atoms with Crippen LogP contribution in [0.2, 0.25) is 0 Å². The van der Waals surface area contributed by atoms with Crippen LogP contribution in [-0.2, 0) is 23.7 Å². The van der Waals surface area contributed by atoms with Gasteiger partial charge in [-0.25, -0.2) is 0 Å². The molecule has 0 aromatic heterocycles. The summed E-state index contributed by atoms with van der Waals surface area (Å²) < 4.78 is 21.4. The minimum absolute atomic E-state index is 0.353. The third kappa shape index (κ3) is 2.90. The SMILES string of the molecule is CCOC1(OCC)OCCC1OC(C)=O. The molecule has 5 nitrogen and oxygen atoms in total. The summed E-state index contributed by atoms with van der Waals surface area (Å²) in [5.41, 5.74) is 0. The summed E-state index contributed by atoms with van der Waals surface area (Å²) in [6.07, 6.45) is 0.120. The van der Waals surface area contributed by atoms with E-state index in [-0.39, 0.29) is 5.97 Å². The van der Waals surface area contributed by atoms with E-state index in [1.807, 2.05) is 13.8 Å². The Balaban J connectivity index is 2.69. The van der Waals surface area contributed by atoms with Crippen molar-refractivity contribution in [1.82, 2.24) is 0 Å². The molecule has 1 aliphatic rings. The van der Waals surface area contributed by atoms with Crippen molar-refractivity contribution in [2.45, 2.75) is 39.3 Å². The summed E-state index contributed by atoms with van der Waals surface area (Å²) in [7, 11) is 0. The quantitative estimate of drug-likeness (QED) is 0.510. The van der Waals surface area contributed by atoms with Gasteiger partial charge in [-0.15, -0.1) is 0 Å². The number of hydrogen-bond acceptors (Lipinski definition) is 5. The van der Waals surface area contributed by atoms with E-state index in [2.05, 4.69) is 0 Å². The zero-order valence-electron chi connectivity index (χ0n) is 9.45. The highest BCUT2D eigenvalue weighted by Crippen LogP contribution is 2.31. The molecule has 0 bridgehead atoms. The summed E-state index contributed by atoms with van der Waals surface area (Å²) >= 11 is 0. The second-order valence-corrected chi connectivity index (χ2v) is 3.20. The molecule has 88 valence electrons. The second-order valence-electron chi connectivity index (χ2n) is 3.20. The Morgan fingerprint density at radius 2 is 2.00 bits per heavy atom. The molecular formula is C10H18O5. The van der Waals surface area contributed by atoms with Crippen LogP contribution in [0.1, 0.15) is 27.2 Å². The van der Waals surface area contributed by atoms with Crippen LogP contribution in [0.4, 0.5) is 0 Å². The van der Waals surface area contributed by atoms with E-state index < -0.39 is 12.1 Å². The Bertz CT molecular complexity index is 210. The van der Waals surface area contributed by atoms with Gasteiger partial charge in [0.05, 0.1) is 6.61 Å². The molecule has 0 N–H and O–H groups in total. The van der Waals surface area contributed by atoms with Crippen molar-refractivity contribution in [2.75, 3.05) is 19.8 Å². The predicted molar refractivity (Wildman–Crippen MR) is 52.1 cm³/mol. The van der Waals surface area contributed by atoms with Crippen LogP contribution in [0.25, 0.3) is 0 Å². The molecule has 0 radical (unpaired) electrons. The van der Waals surface area contributed by atoms with Crippen molar-refractivity contribution in [2.24, 2.45) is 0 Å². The highest BCUT2D eigenvalue weighted by atomic mass is 16.9. The molecule has 0 amide bonds. The van der Waals surface area contributed by atoms with Crippen molar-refractivity contribution in [3.05, 3.63) is 0 Å². The highest BCUT2D eigenvalue weighted by molar-refractivity contribution is 5.66. The lowest BCUT2D eigenvalue weighted by Gasteiger charge is -2.31. The van der Waals surface area contributed by atoms with Gasteiger partial charge in [-0.3, -0.25) is 4.79 Å². The van der Waals surface area contributed by atoms with Gasteiger partial charge < -0.3 is 18.9 Å². The normalized spacial score (nSPS) is 24.1. The predicted octanol–water partition coefficient (Wildman–Crippen LogP) is 1.07. The first-order valence-corrected chi connectivity index (χ1v) is 5.23. The maximum absolute atomic E-state index is 10.9. The highest BCUT2D eigenvalue weighted by Gasteiger charge is 2.49. The van der Waals surface area contributed by atoms with Gasteiger partial charge in [-0.05, 0) is 13.8 Å². The van der Waals surface area contributed by atoms with E-state index in [4.69, 9.17) is 18.9 Å². The smallest absolute Gasteiger partial charge is 0.322 e. The molecule has 0 aliphatic carbocycles. The van der Waals surface area contributed by atoms with Gasteiger partial charge in [0, 0.05) is 26.6 Å². The van der Waals surface area contributed by atoms with E-state index in [1.54, 1.807) is 0 Å². The molecule has 1 atom stereocenters. The van der Waals surface area contributed by atoms with E-state index >= 15 is 0 Å². The summed E-state index contributed by atoms with van der Waals surface area (Å²) in [5, 5.41) is 0. The zero-order chi connectivity index (χ0) is 11.3. The molecule has 1 rings (SSSR count). The van der Waals surface area contributed by atoms with Crippen LogP contribution in [-0.4, -0.2) is 37.9 Å². The van der Waals surface area contributed by atoms with Crippen LogP contribution in [0.5, 0.6) is 0 Å². The van der Waals surface area contributed by atoms with Crippen molar-refractivity contribution in [3.8, 4) is 0 Å². The van der Waals surface area contributed by atoms with E-state index in [0.717, 1.165) is 0 Å². The van der Waals surface area contributed by atoms with Crippen LogP contribution in [0, 0.1) is 0 Å². The molecular weight excluding hydrogens is 200 g/mol. The topological polar surface area (TPSA) is 54.0 Å². The summed E-state index contributed by atoms with van der Waals surface area (Å²) in [6, 6.07) is 0. The van der Waals surface area contributed by atoms with Crippen molar-refractivity contribution in [1.29, 1.82) is 0 Å². The average Bonchev–Trinajstić information content (AvgIpc) is 2.49. The number of carbonyl (C=O) groups excluding carboxylic acids is 1. The van der Waals surface area contributed by atoms with Crippen molar-refractivity contribution < 1.29 is 23.7 Å². The minimum Gasteiger partial charge on any atom is -0.454 e. The number of carbonyl (C=O) groups is 1. The molecule has 15 heavy (non-hydrogen) atoms. The first kappa shape index (κ1) is 12.4. The maximum atomic E-state index is 10.9. The van der Waals surface area contributed by atoms with Gasteiger partial charge in [0.1, 0.15) is 0 Å². The molecule has 5 heteroatoms. The molecule has 0 spiro atoms. The molecule has 0 aromatic rings. The third-order valence-electron chi connectivity index (χ3n) is 2.08. The van der Waals surface area contributed by atoms with E-state index in [9.17, 15) is 4.79 Å². The first-order chi connectivity index (χ1) is 7.14. The lowest BCUT2D eigenvalue weighted by molar-refractivity contribution is -0.384. The third-order valence-corrected chi connectivity index (χ3v) is 2.08. The van der Waals surface area contributed by atoms with Gasteiger partial charge in [0.25, 0.3) is 0 Å². The molecule has 1 unspecified atom stereocenters. The monoisotopic (exact) mass is 218 g/mol. The Morgan fingerprint density at radius 1 is 1.40 bits per heavy atom. The summed E-state index contributed by atoms with van der Waals surface area (Å²) in [4.78, 5) is 10.9. The van der Waals surface area contributed by atoms with E-state index in [0.29, 0.717) is 26.2 Å². The number of rotatable bonds is 5. The molecule has 1 fully saturated rings. The lowest BCUT2D eigenvalue weighted by atomic mass is 10.2. The largest absolute Gasteiger partial charge is 0.454 e. The van der Waals surface area contributed by atoms with Crippen molar-refractivity contribution in [3.63, 3.8) is 0 Å². The van der Waals surface area contributed by atoms with Gasteiger partial charge >= 0.3 is 11.9 Å². The van der Waals surface area contributed by atoms with E-state index in [1.165, 1.54) is 6.92 Å². The minimum atomic E-state index is -1.20. The second kappa shape index (κ2) is 5.44. The van der Waals surface area contributed by atoms with Crippen molar-refractivity contribution >= 4 is 5.97 Å². The molecule has 0 saturated carbocycles. The number of hydrogen-bond donors (Lipinski definition) is 0. The van der Waals surface area contributed by atoms with Gasteiger partial charge in [-0.2, -0.15) is 0 Å². The summed E-state index contributed by atoms with van der Waals surface area (Å²) in [5.74, 6) is -1.55. The number of ether oxygens (including phenoxy) is 4. The Hall–Kier alpha value is -0.650. The zero-order valence-corrected chi connectivity index (χ0v) is 9.45. The number of esters is 1. The van der Waals surface area contributed by atoms with Crippen LogP contribution >= 0.6 is 0 Å². The fraction of sp³-hybridized carbons (Fsp3) is 0.900. The molecule has 1 heterocycles. The average molecular weight is 218 g/mol. The maximum Gasteiger partial charge on any atom is 0.322 e.